The van der Waals surface area contributed by atoms with Gasteiger partial charge in [-0.1, -0.05) is 47.0 Å². The van der Waals surface area contributed by atoms with Crippen molar-refractivity contribution in [1.82, 2.24) is 0 Å². The van der Waals surface area contributed by atoms with Crippen LogP contribution in [0, 0.1) is 22.7 Å². The molecule has 0 bridgehead atoms. The highest BCUT2D eigenvalue weighted by Crippen LogP contribution is 2.68. The summed E-state index contributed by atoms with van der Waals surface area (Å²) in [4.78, 5) is 31.7. The number of hydrogen-bond donors (Lipinski definition) is 0. The second-order valence-corrected chi connectivity index (χ2v) is 12.4. The van der Waals surface area contributed by atoms with E-state index >= 15 is 0 Å². The average Bonchev–Trinajstić information content (AvgIpc) is 3.54. The molecule has 0 fully saturated rings. The van der Waals surface area contributed by atoms with Gasteiger partial charge in [0.2, 0.25) is 0 Å². The van der Waals surface area contributed by atoms with E-state index in [0.29, 0.717) is 16.4 Å². The van der Waals surface area contributed by atoms with Crippen LogP contribution in [0.1, 0.15) is 41.5 Å². The van der Waals surface area contributed by atoms with Gasteiger partial charge in [0.1, 0.15) is 12.7 Å². The Hall–Kier alpha value is -1.93. The molecule has 38 heavy (non-hydrogen) atoms. The highest BCUT2D eigenvalue weighted by molar-refractivity contribution is 8.26. The number of carbonyl (C=O) groups excluding carboxylic acids is 1. The van der Waals surface area contributed by atoms with Gasteiger partial charge in [0, 0.05) is 26.2 Å². The lowest BCUT2D eigenvalue weighted by Crippen LogP contribution is -2.26. The van der Waals surface area contributed by atoms with Gasteiger partial charge in [0.15, 0.2) is 5.57 Å². The summed E-state index contributed by atoms with van der Waals surface area (Å²) in [6, 6.07) is 4.39. The van der Waals surface area contributed by atoms with Crippen molar-refractivity contribution in [3.63, 3.8) is 0 Å². The summed E-state index contributed by atoms with van der Waals surface area (Å²) >= 11 is 6.09. The monoisotopic (exact) mass is 592 g/mol. The Morgan fingerprint density at radius 2 is 1.18 bits per heavy atom. The molecule has 1 aromatic carbocycles. The number of benzene rings is 1. The molecule has 0 amide bonds. The third kappa shape index (κ3) is 6.11. The van der Waals surface area contributed by atoms with Gasteiger partial charge in [-0.05, 0) is 41.5 Å². The second-order valence-electron chi connectivity index (χ2n) is 7.81. The van der Waals surface area contributed by atoms with Crippen LogP contribution in [-0.2, 0) is 19.3 Å². The number of thioether (sulfide) groups is 4. The first kappa shape index (κ1) is 30.6. The van der Waals surface area contributed by atoms with E-state index in [1.165, 1.54) is 23.5 Å². The summed E-state index contributed by atoms with van der Waals surface area (Å²) in [5.41, 5.74) is 2.70. The summed E-state index contributed by atoms with van der Waals surface area (Å²) < 4.78 is 6.70. The van der Waals surface area contributed by atoms with Crippen LogP contribution in [0.3, 0.4) is 0 Å². The molecular formula is C26H32N4O4S4. The molecular weight excluding hydrogens is 561 g/mol. The molecule has 0 saturated carbocycles. The fraction of sp³-hybridized carbons (Fsp3) is 0.500. The van der Waals surface area contributed by atoms with Gasteiger partial charge in [-0.3, -0.25) is 0 Å². The highest BCUT2D eigenvalue weighted by Gasteiger charge is 2.39. The number of fused-ring (bicyclic) bond motifs is 2. The van der Waals surface area contributed by atoms with Crippen molar-refractivity contribution in [3.8, 4) is 12.1 Å². The Morgan fingerprint density at radius 3 is 1.55 bits per heavy atom. The Bertz CT molecular complexity index is 1160. The zero-order valence-corrected chi connectivity index (χ0v) is 25.8. The maximum Gasteiger partial charge on any atom is 0.350 e. The predicted octanol–water partition coefficient (Wildman–Crippen LogP) is 6.78. The van der Waals surface area contributed by atoms with E-state index in [-0.39, 0.29) is 18.8 Å². The van der Waals surface area contributed by atoms with Gasteiger partial charge in [-0.15, -0.1) is 0 Å². The molecule has 0 unspecified atom stereocenters. The highest BCUT2D eigenvalue weighted by atomic mass is 32.2. The summed E-state index contributed by atoms with van der Waals surface area (Å²) in [6.07, 6.45) is 0. The van der Waals surface area contributed by atoms with Crippen LogP contribution in [0.25, 0.3) is 0 Å². The minimum atomic E-state index is -0.596. The number of esters is 1. The summed E-state index contributed by atoms with van der Waals surface area (Å²) in [7, 11) is 0. The van der Waals surface area contributed by atoms with Crippen LogP contribution in [0.15, 0.2) is 39.2 Å². The molecule has 2 aliphatic heterocycles. The molecule has 204 valence electrons. The normalized spacial score (nSPS) is 13.5. The number of ether oxygens (including phenoxy) is 1. The van der Waals surface area contributed by atoms with Crippen LogP contribution < -0.4 is 9.80 Å². The van der Waals surface area contributed by atoms with Crippen LogP contribution in [0.5, 0.6) is 0 Å². The molecule has 1 aromatic rings. The van der Waals surface area contributed by atoms with Crippen molar-refractivity contribution >= 4 is 64.4 Å². The van der Waals surface area contributed by atoms with Crippen molar-refractivity contribution in [2.75, 3.05) is 55.8 Å². The smallest absolute Gasteiger partial charge is 0.350 e. The quantitative estimate of drug-likeness (QED) is 0.0487. The molecule has 12 heteroatoms. The van der Waals surface area contributed by atoms with Gasteiger partial charge in [0.05, 0.1) is 64.3 Å². The first-order chi connectivity index (χ1) is 18.4. The van der Waals surface area contributed by atoms with Crippen LogP contribution >= 0.6 is 47.0 Å². The SMILES string of the molecule is CCOOCC(C#N)=C1Sc2c(c(N(CC)CC)c3c(c2N(CC)CC)SC(=C(C#N)C(=O)OCC)S3)S1. The van der Waals surface area contributed by atoms with Gasteiger partial charge >= 0.3 is 5.97 Å². The second kappa shape index (κ2) is 14.5. The third-order valence-electron chi connectivity index (χ3n) is 5.79. The number of nitrogens with zero attached hydrogens (tertiary/aromatic N) is 4. The molecule has 0 N–H and O–H groups in total. The molecule has 2 heterocycles. The molecule has 0 saturated heterocycles. The van der Waals surface area contributed by atoms with Crippen molar-refractivity contribution in [1.29, 1.82) is 10.5 Å². The molecule has 3 rings (SSSR count). The first-order valence-electron chi connectivity index (χ1n) is 12.6. The van der Waals surface area contributed by atoms with Gasteiger partial charge in [-0.25, -0.2) is 14.6 Å². The Kier molecular flexibility index (Phi) is 11.6. The zero-order valence-electron chi connectivity index (χ0n) is 22.5. The van der Waals surface area contributed by atoms with Crippen LogP contribution in [-0.4, -0.2) is 52.0 Å². The number of hydrogen-bond acceptors (Lipinski definition) is 12. The summed E-state index contributed by atoms with van der Waals surface area (Å²) in [6.45, 7) is 15.9. The number of anilines is 2. The van der Waals surface area contributed by atoms with Crippen molar-refractivity contribution in [2.45, 2.75) is 61.1 Å². The maximum atomic E-state index is 12.6. The third-order valence-corrected chi connectivity index (χ3v) is 11.1. The van der Waals surface area contributed by atoms with E-state index in [1.807, 2.05) is 6.92 Å². The lowest BCUT2D eigenvalue weighted by Gasteiger charge is -2.30. The van der Waals surface area contributed by atoms with Gasteiger partial charge in [-0.2, -0.15) is 10.5 Å². The molecule has 0 spiro atoms. The molecule has 0 aromatic heterocycles. The minimum Gasteiger partial charge on any atom is -0.462 e. The van der Waals surface area contributed by atoms with Crippen LogP contribution in [0.4, 0.5) is 11.4 Å². The lowest BCUT2D eigenvalue weighted by atomic mass is 10.2. The summed E-state index contributed by atoms with van der Waals surface area (Å²) in [5.74, 6) is -0.596. The zero-order chi connectivity index (χ0) is 27.8. The molecule has 0 aliphatic carbocycles. The van der Waals surface area contributed by atoms with Crippen LogP contribution in [0.2, 0.25) is 0 Å². The fourth-order valence-electron chi connectivity index (χ4n) is 4.01. The fourth-order valence-corrected chi connectivity index (χ4v) is 9.70. The Balaban J connectivity index is 2.29. The Morgan fingerprint density at radius 1 is 0.711 bits per heavy atom. The van der Waals surface area contributed by atoms with Gasteiger partial charge < -0.3 is 14.5 Å². The standard InChI is InChI=1S/C26H32N4O4S4/c1-7-29(8-2)18-20-21(36-25(35-20)16(13-27)15-34-33-12-6)19(30(9-3)10-4)23-22(18)37-26(38-23)17(14-28)24(31)32-11-5/h7-12,15H2,1-6H3. The predicted molar refractivity (Wildman–Crippen MR) is 156 cm³/mol. The van der Waals surface area contributed by atoms with E-state index in [1.54, 1.807) is 30.4 Å². The largest absolute Gasteiger partial charge is 0.462 e. The van der Waals surface area contributed by atoms with E-state index in [0.717, 1.165) is 61.4 Å². The average molecular weight is 593 g/mol. The van der Waals surface area contributed by atoms with E-state index in [2.05, 4.69) is 49.6 Å². The first-order valence-corrected chi connectivity index (χ1v) is 15.8. The van der Waals surface area contributed by atoms with Crippen molar-refractivity contribution in [2.24, 2.45) is 0 Å². The van der Waals surface area contributed by atoms with Gasteiger partial charge in [0.25, 0.3) is 0 Å². The molecule has 0 radical (unpaired) electrons. The maximum absolute atomic E-state index is 12.6. The molecule has 0 atom stereocenters. The minimum absolute atomic E-state index is 0.0370. The van der Waals surface area contributed by atoms with E-state index in [9.17, 15) is 15.3 Å². The lowest BCUT2D eigenvalue weighted by molar-refractivity contribution is -0.283. The van der Waals surface area contributed by atoms with E-state index < -0.39 is 5.97 Å². The topological polar surface area (TPSA) is 98.8 Å². The van der Waals surface area contributed by atoms with Crippen molar-refractivity contribution < 1.29 is 19.3 Å². The number of nitriles is 2. The molecule has 2 aliphatic rings. The number of rotatable bonds is 12. The Labute approximate surface area is 242 Å². The molecule has 8 nitrogen and oxygen atoms in total. The van der Waals surface area contributed by atoms with Crippen molar-refractivity contribution in [3.05, 3.63) is 19.6 Å². The van der Waals surface area contributed by atoms with E-state index in [4.69, 9.17) is 14.5 Å². The summed E-state index contributed by atoms with van der Waals surface area (Å²) in [5, 5.41) is 19.8. The number of carbonyl (C=O) groups is 1.